The predicted octanol–water partition coefficient (Wildman–Crippen LogP) is 2.91. The summed E-state index contributed by atoms with van der Waals surface area (Å²) in [6.07, 6.45) is -3.70. The molecule has 1 aromatic rings. The lowest BCUT2D eigenvalue weighted by Gasteiger charge is -2.43. The average molecular weight is 294 g/mol. The predicted molar refractivity (Wildman–Crippen MR) is 64.9 cm³/mol. The van der Waals surface area contributed by atoms with E-state index in [-0.39, 0.29) is 25.3 Å². The van der Waals surface area contributed by atoms with E-state index in [0.29, 0.717) is 23.0 Å². The molecular formula is C12H15ClF3N3. The smallest absolute Gasteiger partial charge is 0.285 e. The van der Waals surface area contributed by atoms with Gasteiger partial charge in [0.05, 0.1) is 5.69 Å². The Hall–Kier alpha value is -0.750. The second kappa shape index (κ2) is 3.88. The van der Waals surface area contributed by atoms with Crippen molar-refractivity contribution >= 4 is 11.6 Å². The molecule has 3 nitrogen and oxygen atoms in total. The zero-order valence-corrected chi connectivity index (χ0v) is 11.5. The number of fused-ring (bicyclic) bond motifs is 1. The third-order valence-electron chi connectivity index (χ3n) is 4.48. The van der Waals surface area contributed by atoms with Crippen LogP contribution >= 0.6 is 11.6 Å². The Morgan fingerprint density at radius 3 is 2.53 bits per heavy atom. The van der Waals surface area contributed by atoms with E-state index in [1.807, 2.05) is 0 Å². The van der Waals surface area contributed by atoms with E-state index in [9.17, 15) is 13.2 Å². The molecule has 7 heteroatoms. The summed E-state index contributed by atoms with van der Waals surface area (Å²) >= 11 is 6.11. The summed E-state index contributed by atoms with van der Waals surface area (Å²) in [4.78, 5) is 1.54. The van der Waals surface area contributed by atoms with Gasteiger partial charge in [-0.05, 0) is 25.7 Å². The topological polar surface area (TPSA) is 21.1 Å². The first-order chi connectivity index (χ1) is 8.74. The Bertz CT molecular complexity index is 517. The second-order valence-electron chi connectivity index (χ2n) is 5.66. The first-order valence-electron chi connectivity index (χ1n) is 6.24. The summed E-state index contributed by atoms with van der Waals surface area (Å²) in [5.74, 6) is 0.178. The van der Waals surface area contributed by atoms with Crippen molar-refractivity contribution in [2.24, 2.45) is 13.0 Å². The van der Waals surface area contributed by atoms with Crippen LogP contribution in [0.5, 0.6) is 0 Å². The van der Waals surface area contributed by atoms with Crippen LogP contribution in [-0.2, 0) is 13.6 Å². The molecular weight excluding hydrogens is 279 g/mol. The quantitative estimate of drug-likeness (QED) is 0.836. The lowest BCUT2D eigenvalue weighted by molar-refractivity contribution is -0.238. The number of alkyl halides is 3. The van der Waals surface area contributed by atoms with E-state index >= 15 is 0 Å². The fraction of sp³-hybridized carbons (Fsp3) is 0.750. The highest BCUT2D eigenvalue weighted by atomic mass is 35.5. The van der Waals surface area contributed by atoms with Gasteiger partial charge in [-0.1, -0.05) is 11.6 Å². The Morgan fingerprint density at radius 1 is 1.42 bits per heavy atom. The molecule has 19 heavy (non-hydrogen) atoms. The molecule has 106 valence electrons. The molecule has 1 aliphatic carbocycles. The third-order valence-corrected chi connectivity index (χ3v) is 4.96. The van der Waals surface area contributed by atoms with E-state index in [2.05, 4.69) is 5.10 Å². The first kappa shape index (κ1) is 13.2. The van der Waals surface area contributed by atoms with Crippen LogP contribution in [0.2, 0.25) is 5.15 Å². The van der Waals surface area contributed by atoms with Gasteiger partial charge < -0.3 is 0 Å². The van der Waals surface area contributed by atoms with E-state index in [4.69, 9.17) is 11.6 Å². The number of rotatable bonds is 2. The molecule has 0 N–H and O–H groups in total. The lowest BCUT2D eigenvalue weighted by atomic mass is 9.72. The summed E-state index contributed by atoms with van der Waals surface area (Å²) < 4.78 is 41.2. The highest BCUT2D eigenvalue weighted by molar-refractivity contribution is 6.30. The fourth-order valence-corrected chi connectivity index (χ4v) is 3.67. The van der Waals surface area contributed by atoms with Crippen molar-refractivity contribution in [3.8, 4) is 0 Å². The van der Waals surface area contributed by atoms with Gasteiger partial charge in [-0.3, -0.25) is 9.58 Å². The van der Waals surface area contributed by atoms with Crippen molar-refractivity contribution in [3.05, 3.63) is 16.4 Å². The first-order valence-corrected chi connectivity index (χ1v) is 6.62. The monoisotopic (exact) mass is 293 g/mol. The zero-order valence-electron chi connectivity index (χ0n) is 10.8. The number of aromatic nitrogens is 2. The van der Waals surface area contributed by atoms with Crippen LogP contribution in [-0.4, -0.2) is 32.9 Å². The van der Waals surface area contributed by atoms with Gasteiger partial charge in [0.2, 0.25) is 0 Å². The van der Waals surface area contributed by atoms with E-state index in [1.165, 1.54) is 9.58 Å². The van der Waals surface area contributed by atoms with Crippen molar-refractivity contribution < 1.29 is 13.2 Å². The van der Waals surface area contributed by atoms with Crippen LogP contribution < -0.4 is 0 Å². The zero-order chi connectivity index (χ0) is 14.0. The summed E-state index contributed by atoms with van der Waals surface area (Å²) in [6.45, 7) is 2.51. The van der Waals surface area contributed by atoms with Gasteiger partial charge in [0.15, 0.2) is 0 Å². The van der Waals surface area contributed by atoms with Gasteiger partial charge in [-0.2, -0.15) is 18.3 Å². The average Bonchev–Trinajstić information content (AvgIpc) is 2.83. The minimum Gasteiger partial charge on any atom is -0.285 e. The molecule has 0 amide bonds. The highest BCUT2D eigenvalue weighted by Crippen LogP contribution is 2.58. The summed E-state index contributed by atoms with van der Waals surface area (Å²) in [5, 5.41) is 4.58. The number of aryl methyl sites for hydroxylation is 2. The van der Waals surface area contributed by atoms with Crippen LogP contribution in [0, 0.1) is 12.8 Å². The highest BCUT2D eigenvalue weighted by Gasteiger charge is 2.69. The molecule has 0 radical (unpaired) electrons. The van der Waals surface area contributed by atoms with Gasteiger partial charge in [-0.25, -0.2) is 0 Å². The molecule has 1 saturated carbocycles. The molecule has 1 aromatic heterocycles. The van der Waals surface area contributed by atoms with Crippen molar-refractivity contribution in [3.63, 3.8) is 0 Å². The molecule has 0 atom stereocenters. The lowest BCUT2D eigenvalue weighted by Crippen LogP contribution is -2.57. The van der Waals surface area contributed by atoms with E-state index in [1.54, 1.807) is 14.0 Å². The molecule has 3 aliphatic rings. The van der Waals surface area contributed by atoms with Crippen LogP contribution in [0.4, 0.5) is 13.2 Å². The van der Waals surface area contributed by atoms with Gasteiger partial charge in [0.25, 0.3) is 0 Å². The van der Waals surface area contributed by atoms with Gasteiger partial charge in [-0.15, -0.1) is 0 Å². The van der Waals surface area contributed by atoms with Gasteiger partial charge in [0, 0.05) is 25.7 Å². The number of hydrogen-bond donors (Lipinski definition) is 0. The molecule has 2 bridgehead atoms. The summed E-state index contributed by atoms with van der Waals surface area (Å²) in [5.41, 5.74) is -0.210. The molecule has 0 unspecified atom stereocenters. The summed E-state index contributed by atoms with van der Waals surface area (Å²) in [7, 11) is 1.70. The van der Waals surface area contributed by atoms with Gasteiger partial charge >= 0.3 is 6.18 Å². The molecule has 0 spiro atoms. The number of hydrogen-bond acceptors (Lipinski definition) is 2. The second-order valence-corrected chi connectivity index (χ2v) is 6.02. The minimum absolute atomic E-state index is 0.178. The maximum atomic E-state index is 13.2. The third kappa shape index (κ3) is 1.72. The maximum Gasteiger partial charge on any atom is 0.406 e. The summed E-state index contributed by atoms with van der Waals surface area (Å²) in [6, 6.07) is 0. The molecule has 4 rings (SSSR count). The van der Waals surface area contributed by atoms with Crippen LogP contribution in [0.25, 0.3) is 0 Å². The largest absolute Gasteiger partial charge is 0.406 e. The van der Waals surface area contributed by atoms with Crippen molar-refractivity contribution in [1.29, 1.82) is 0 Å². The molecule has 0 aromatic carbocycles. The Balaban J connectivity index is 1.88. The van der Waals surface area contributed by atoms with Crippen molar-refractivity contribution in [1.82, 2.24) is 14.7 Å². The van der Waals surface area contributed by atoms with Crippen LogP contribution in [0.15, 0.2) is 0 Å². The van der Waals surface area contributed by atoms with Crippen molar-refractivity contribution in [2.75, 3.05) is 6.54 Å². The Kier molecular flexibility index (Phi) is 2.71. The molecule has 3 fully saturated rings. The molecule has 2 saturated heterocycles. The Morgan fingerprint density at radius 2 is 2.05 bits per heavy atom. The fourth-order valence-electron chi connectivity index (χ4n) is 3.44. The van der Waals surface area contributed by atoms with E-state index < -0.39 is 11.7 Å². The standard InChI is InChI=1S/C12H15ClF3N3/c1-7-9(10(13)18(2)17-7)6-19-5-8-3-11(19,4-8)12(14,15)16/h8H,3-6H2,1-2H3. The number of halogens is 4. The van der Waals surface area contributed by atoms with Gasteiger partial charge in [0.1, 0.15) is 10.7 Å². The normalized spacial score (nSPS) is 30.7. The molecule has 2 aliphatic heterocycles. The maximum absolute atomic E-state index is 13.2. The van der Waals surface area contributed by atoms with Crippen LogP contribution in [0.1, 0.15) is 24.1 Å². The van der Waals surface area contributed by atoms with Crippen LogP contribution in [0.3, 0.4) is 0 Å². The SMILES string of the molecule is Cc1nn(C)c(Cl)c1CN1CC2CC1(C(F)(F)F)C2. The van der Waals surface area contributed by atoms with Crippen molar-refractivity contribution in [2.45, 2.75) is 38.0 Å². The Labute approximate surface area is 114 Å². The molecule has 3 heterocycles. The minimum atomic E-state index is -4.16. The number of nitrogens with zero attached hydrogens (tertiary/aromatic N) is 3. The van der Waals surface area contributed by atoms with E-state index in [0.717, 1.165) is 0 Å².